The SMILES string of the molecule is CCOC(=O)c1cn2nc(N3CCNCC3)c(-c3ccccc3)c2c(=O)[nH]1.Cl. The lowest BCUT2D eigenvalue weighted by Gasteiger charge is -2.28. The van der Waals surface area contributed by atoms with Crippen molar-refractivity contribution in [3.05, 3.63) is 52.6 Å². The number of hydrogen-bond donors (Lipinski definition) is 2. The van der Waals surface area contributed by atoms with Gasteiger partial charge in [-0.3, -0.25) is 4.79 Å². The number of carbonyl (C=O) groups excluding carboxylic acids is 1. The number of aromatic amines is 1. The summed E-state index contributed by atoms with van der Waals surface area (Å²) >= 11 is 0. The maximum atomic E-state index is 12.8. The van der Waals surface area contributed by atoms with E-state index in [9.17, 15) is 9.59 Å². The van der Waals surface area contributed by atoms with E-state index in [-0.39, 0.29) is 30.3 Å². The molecule has 0 spiro atoms. The third-order valence-electron chi connectivity index (χ3n) is 4.58. The van der Waals surface area contributed by atoms with E-state index in [1.165, 1.54) is 10.7 Å². The van der Waals surface area contributed by atoms with Gasteiger partial charge in [0.2, 0.25) is 0 Å². The Hall–Kier alpha value is -2.84. The molecule has 1 aliphatic rings. The zero-order chi connectivity index (χ0) is 18.8. The smallest absolute Gasteiger partial charge is 0.356 e. The normalized spacial score (nSPS) is 14.0. The fraction of sp³-hybridized carbons (Fsp3) is 0.316. The topological polar surface area (TPSA) is 91.7 Å². The predicted octanol–water partition coefficient (Wildman–Crippen LogP) is 1.70. The van der Waals surface area contributed by atoms with Crippen LogP contribution in [0.15, 0.2) is 41.3 Å². The van der Waals surface area contributed by atoms with Gasteiger partial charge in [0.25, 0.3) is 5.56 Å². The van der Waals surface area contributed by atoms with Gasteiger partial charge in [0.05, 0.1) is 18.4 Å². The summed E-state index contributed by atoms with van der Waals surface area (Å²) in [4.78, 5) is 29.7. The molecule has 8 nitrogen and oxygen atoms in total. The van der Waals surface area contributed by atoms with Crippen LogP contribution < -0.4 is 15.8 Å². The molecular formula is C19H22ClN5O3. The van der Waals surface area contributed by atoms with Crippen LogP contribution in [0.3, 0.4) is 0 Å². The molecule has 0 radical (unpaired) electrons. The number of aromatic nitrogens is 3. The molecule has 0 unspecified atom stereocenters. The van der Waals surface area contributed by atoms with E-state index >= 15 is 0 Å². The molecule has 0 aliphatic carbocycles. The highest BCUT2D eigenvalue weighted by atomic mass is 35.5. The highest BCUT2D eigenvalue weighted by molar-refractivity contribution is 5.91. The third-order valence-corrected chi connectivity index (χ3v) is 4.58. The Balaban J connectivity index is 0.00000225. The van der Waals surface area contributed by atoms with Crippen molar-refractivity contribution in [2.45, 2.75) is 6.92 Å². The summed E-state index contributed by atoms with van der Waals surface area (Å²) in [7, 11) is 0. The first-order chi connectivity index (χ1) is 13.2. The van der Waals surface area contributed by atoms with Gasteiger partial charge in [0, 0.05) is 26.2 Å². The highest BCUT2D eigenvalue weighted by Gasteiger charge is 2.24. The van der Waals surface area contributed by atoms with Crippen LogP contribution in [-0.4, -0.2) is 53.4 Å². The lowest BCUT2D eigenvalue weighted by Crippen LogP contribution is -2.43. The second-order valence-corrected chi connectivity index (χ2v) is 6.31. The zero-order valence-corrected chi connectivity index (χ0v) is 16.3. The number of piperazine rings is 1. The molecule has 3 heterocycles. The number of fused-ring (bicyclic) bond motifs is 1. The number of rotatable bonds is 4. The van der Waals surface area contributed by atoms with Gasteiger partial charge in [-0.1, -0.05) is 30.3 Å². The Morgan fingerprint density at radius 3 is 2.61 bits per heavy atom. The molecule has 28 heavy (non-hydrogen) atoms. The van der Waals surface area contributed by atoms with Gasteiger partial charge in [-0.2, -0.15) is 0 Å². The Morgan fingerprint density at radius 2 is 1.93 bits per heavy atom. The summed E-state index contributed by atoms with van der Waals surface area (Å²) in [5.41, 5.74) is 1.82. The van der Waals surface area contributed by atoms with Gasteiger partial charge in [-0.25, -0.2) is 9.31 Å². The summed E-state index contributed by atoms with van der Waals surface area (Å²) < 4.78 is 6.49. The molecule has 1 saturated heterocycles. The van der Waals surface area contributed by atoms with Crippen molar-refractivity contribution in [3.63, 3.8) is 0 Å². The number of ether oxygens (including phenoxy) is 1. The van der Waals surface area contributed by atoms with E-state index in [2.05, 4.69) is 20.3 Å². The predicted molar refractivity (Wildman–Crippen MR) is 110 cm³/mol. The van der Waals surface area contributed by atoms with E-state index in [0.717, 1.165) is 43.1 Å². The fourth-order valence-corrected chi connectivity index (χ4v) is 3.35. The number of benzene rings is 1. The first kappa shape index (κ1) is 19.9. The zero-order valence-electron chi connectivity index (χ0n) is 15.5. The molecule has 3 aromatic rings. The number of anilines is 1. The van der Waals surface area contributed by atoms with Crippen LogP contribution in [0.5, 0.6) is 0 Å². The first-order valence-corrected chi connectivity index (χ1v) is 9.03. The van der Waals surface area contributed by atoms with Crippen LogP contribution in [0.1, 0.15) is 17.4 Å². The molecule has 2 N–H and O–H groups in total. The van der Waals surface area contributed by atoms with Crippen LogP contribution in [0.2, 0.25) is 0 Å². The van der Waals surface area contributed by atoms with Gasteiger partial charge in [-0.05, 0) is 12.5 Å². The van der Waals surface area contributed by atoms with Crippen LogP contribution in [0.4, 0.5) is 5.82 Å². The lowest BCUT2D eigenvalue weighted by molar-refractivity contribution is 0.0518. The minimum atomic E-state index is -0.572. The number of nitrogens with one attached hydrogen (secondary N) is 2. The molecule has 0 saturated carbocycles. The first-order valence-electron chi connectivity index (χ1n) is 9.03. The summed E-state index contributed by atoms with van der Waals surface area (Å²) in [6.45, 7) is 5.26. The molecule has 1 aromatic carbocycles. The maximum Gasteiger partial charge on any atom is 0.356 e. The Morgan fingerprint density at radius 1 is 1.21 bits per heavy atom. The summed E-state index contributed by atoms with van der Waals surface area (Å²) in [5, 5.41) is 7.99. The van der Waals surface area contributed by atoms with Gasteiger partial charge < -0.3 is 19.9 Å². The molecule has 1 aliphatic heterocycles. The van der Waals surface area contributed by atoms with Crippen molar-refractivity contribution >= 4 is 29.7 Å². The van der Waals surface area contributed by atoms with Gasteiger partial charge in [0.15, 0.2) is 5.82 Å². The quantitative estimate of drug-likeness (QED) is 0.644. The molecular weight excluding hydrogens is 382 g/mol. The van der Waals surface area contributed by atoms with Crippen LogP contribution in [0.25, 0.3) is 16.6 Å². The average molecular weight is 404 g/mol. The van der Waals surface area contributed by atoms with E-state index in [1.54, 1.807) is 6.92 Å². The maximum absolute atomic E-state index is 12.8. The number of halogens is 1. The lowest BCUT2D eigenvalue weighted by atomic mass is 10.1. The fourth-order valence-electron chi connectivity index (χ4n) is 3.35. The number of esters is 1. The number of H-pyrrole nitrogens is 1. The molecule has 0 bridgehead atoms. The van der Waals surface area contributed by atoms with Crippen molar-refractivity contribution in [2.75, 3.05) is 37.7 Å². The summed E-state index contributed by atoms with van der Waals surface area (Å²) in [6, 6.07) is 9.72. The second-order valence-electron chi connectivity index (χ2n) is 6.31. The largest absolute Gasteiger partial charge is 0.461 e. The number of carbonyl (C=O) groups is 1. The summed E-state index contributed by atoms with van der Waals surface area (Å²) in [5.74, 6) is 0.172. The van der Waals surface area contributed by atoms with Crippen molar-refractivity contribution in [1.29, 1.82) is 0 Å². The molecule has 0 amide bonds. The minimum absolute atomic E-state index is 0. The van der Waals surface area contributed by atoms with E-state index < -0.39 is 5.97 Å². The van der Waals surface area contributed by atoms with Crippen LogP contribution >= 0.6 is 12.4 Å². The monoisotopic (exact) mass is 403 g/mol. The van der Waals surface area contributed by atoms with Crippen LogP contribution in [0, 0.1) is 0 Å². The van der Waals surface area contributed by atoms with Gasteiger partial charge in [0.1, 0.15) is 11.2 Å². The average Bonchev–Trinajstić information content (AvgIpc) is 3.09. The standard InChI is InChI=1S/C19H21N5O3.ClH/c1-2-27-19(26)14-12-24-16(18(25)21-14)15(13-6-4-3-5-7-13)17(22-24)23-10-8-20-9-11-23;/h3-7,12,20H,2,8-11H2,1H3,(H,21,25);1H. The summed E-state index contributed by atoms with van der Waals surface area (Å²) in [6.07, 6.45) is 1.52. The van der Waals surface area contributed by atoms with E-state index in [4.69, 9.17) is 4.74 Å². The molecule has 4 rings (SSSR count). The minimum Gasteiger partial charge on any atom is -0.461 e. The van der Waals surface area contributed by atoms with E-state index in [1.807, 2.05) is 30.3 Å². The van der Waals surface area contributed by atoms with Crippen molar-refractivity contribution in [3.8, 4) is 11.1 Å². The van der Waals surface area contributed by atoms with Crippen molar-refractivity contribution in [2.24, 2.45) is 0 Å². The molecule has 9 heteroatoms. The Kier molecular flexibility index (Phi) is 6.01. The number of nitrogens with zero attached hydrogens (tertiary/aromatic N) is 3. The van der Waals surface area contributed by atoms with Gasteiger partial charge in [-0.15, -0.1) is 17.5 Å². The Labute approximate surface area is 167 Å². The molecule has 2 aromatic heterocycles. The third kappa shape index (κ3) is 3.61. The molecule has 1 fully saturated rings. The molecule has 0 atom stereocenters. The van der Waals surface area contributed by atoms with Crippen LogP contribution in [-0.2, 0) is 4.74 Å². The highest BCUT2D eigenvalue weighted by Crippen LogP contribution is 2.33. The van der Waals surface area contributed by atoms with Crippen molar-refractivity contribution < 1.29 is 9.53 Å². The van der Waals surface area contributed by atoms with Gasteiger partial charge >= 0.3 is 5.97 Å². The molecule has 148 valence electrons. The second kappa shape index (κ2) is 8.45. The van der Waals surface area contributed by atoms with Crippen molar-refractivity contribution in [1.82, 2.24) is 19.9 Å². The number of hydrogen-bond acceptors (Lipinski definition) is 6. The van der Waals surface area contributed by atoms with E-state index in [0.29, 0.717) is 5.52 Å². The Bertz CT molecular complexity index is 1030.